The zero-order valence-electron chi connectivity index (χ0n) is 26.8. The minimum absolute atomic E-state index is 0.125. The van der Waals surface area contributed by atoms with Crippen molar-refractivity contribution in [2.75, 3.05) is 36.1 Å². The molecule has 0 aliphatic carbocycles. The number of para-hydroxylation sites is 1. The third-order valence-electron chi connectivity index (χ3n) is 9.86. The fourth-order valence-corrected chi connectivity index (χ4v) is 7.84. The summed E-state index contributed by atoms with van der Waals surface area (Å²) < 4.78 is 12.3. The maximum absolute atomic E-state index is 14.9. The topological polar surface area (TPSA) is 99.6 Å². The average Bonchev–Trinajstić information content (AvgIpc) is 3.71. The normalized spacial score (nSPS) is 25.9. The Hall–Kier alpha value is -3.66. The van der Waals surface area contributed by atoms with Crippen LogP contribution < -0.4 is 14.5 Å². The molecule has 0 radical (unpaired) electrons. The number of ether oxygens (including phenoxy) is 2. The van der Waals surface area contributed by atoms with Gasteiger partial charge in [0, 0.05) is 18.8 Å². The van der Waals surface area contributed by atoms with E-state index in [1.165, 1.54) is 9.80 Å². The molecule has 246 valence electrons. The number of carbonyl (C=O) groups is 3. The summed E-state index contributed by atoms with van der Waals surface area (Å²) in [5.41, 5.74) is -0.124. The highest BCUT2D eigenvalue weighted by Crippen LogP contribution is 2.60. The van der Waals surface area contributed by atoms with E-state index in [-0.39, 0.29) is 43.3 Å². The molecule has 2 aromatic carbocycles. The van der Waals surface area contributed by atoms with E-state index < -0.39 is 35.6 Å². The molecule has 3 aliphatic heterocycles. The average molecular weight is 650 g/mol. The van der Waals surface area contributed by atoms with Crippen LogP contribution in [0.4, 0.5) is 11.4 Å². The highest BCUT2D eigenvalue weighted by molar-refractivity contribution is 6.34. The Labute approximate surface area is 276 Å². The van der Waals surface area contributed by atoms with Gasteiger partial charge >= 0.3 is 0 Å². The van der Waals surface area contributed by atoms with Crippen LogP contribution in [0.25, 0.3) is 0 Å². The number of aliphatic hydroxyl groups is 1. The molecule has 3 saturated heterocycles. The van der Waals surface area contributed by atoms with Crippen LogP contribution >= 0.6 is 11.6 Å². The summed E-state index contributed by atoms with van der Waals surface area (Å²) in [6.07, 6.45) is 4.33. The molecule has 2 unspecified atom stereocenters. The lowest BCUT2D eigenvalue weighted by Gasteiger charge is -2.41. The molecule has 46 heavy (non-hydrogen) atoms. The number of hydrogen-bond acceptors (Lipinski definition) is 6. The maximum atomic E-state index is 14.9. The van der Waals surface area contributed by atoms with Crippen molar-refractivity contribution in [1.29, 1.82) is 0 Å². The van der Waals surface area contributed by atoms with E-state index in [4.69, 9.17) is 21.1 Å². The van der Waals surface area contributed by atoms with Crippen LogP contribution in [0.5, 0.6) is 5.75 Å². The molecule has 9 nitrogen and oxygen atoms in total. The van der Waals surface area contributed by atoms with Crippen molar-refractivity contribution in [3.63, 3.8) is 0 Å². The molecule has 10 heteroatoms. The van der Waals surface area contributed by atoms with Gasteiger partial charge in [0.1, 0.15) is 17.4 Å². The number of rotatable bonds is 14. The van der Waals surface area contributed by atoms with E-state index in [0.29, 0.717) is 48.0 Å². The van der Waals surface area contributed by atoms with Crippen LogP contribution in [-0.4, -0.2) is 77.8 Å². The van der Waals surface area contributed by atoms with Crippen molar-refractivity contribution in [3.8, 4) is 5.75 Å². The van der Waals surface area contributed by atoms with Gasteiger partial charge in [0.05, 0.1) is 47.9 Å². The van der Waals surface area contributed by atoms with Gasteiger partial charge in [0.25, 0.3) is 5.91 Å². The third-order valence-corrected chi connectivity index (χ3v) is 10.2. The van der Waals surface area contributed by atoms with E-state index in [1.807, 2.05) is 32.9 Å². The van der Waals surface area contributed by atoms with Crippen molar-refractivity contribution < 1.29 is 29.0 Å². The second-order valence-corrected chi connectivity index (χ2v) is 12.7. The molecule has 3 heterocycles. The van der Waals surface area contributed by atoms with Gasteiger partial charge in [0.15, 0.2) is 0 Å². The zero-order chi connectivity index (χ0) is 33.2. The molecule has 2 aromatic rings. The molecule has 1 spiro atoms. The van der Waals surface area contributed by atoms with E-state index in [9.17, 15) is 19.5 Å². The number of carbonyl (C=O) groups excluding carboxylic acids is 3. The van der Waals surface area contributed by atoms with Crippen molar-refractivity contribution in [3.05, 3.63) is 78.9 Å². The SMILES string of the molecule is C=CCN(C(=O)[C@@H]1[C@@H]2CCC3(O2)C(C(=O)N(CC=C)c2ccccc2Cl)N([C@@H](CO)[C@@H](C)CC)C(=O)[C@H]13)c1ccc(OCC)cc1. The predicted octanol–water partition coefficient (Wildman–Crippen LogP) is 5.26. The fourth-order valence-electron chi connectivity index (χ4n) is 7.60. The first-order valence-corrected chi connectivity index (χ1v) is 16.5. The van der Waals surface area contributed by atoms with Crippen molar-refractivity contribution >= 4 is 40.7 Å². The van der Waals surface area contributed by atoms with Gasteiger partial charge in [0.2, 0.25) is 11.8 Å². The van der Waals surface area contributed by atoms with Gasteiger partial charge in [-0.25, -0.2) is 0 Å². The second-order valence-electron chi connectivity index (χ2n) is 12.3. The number of benzene rings is 2. The fraction of sp³-hybridized carbons (Fsp3) is 0.472. The van der Waals surface area contributed by atoms with Gasteiger partial charge in [-0.2, -0.15) is 0 Å². The predicted molar refractivity (Wildman–Crippen MR) is 179 cm³/mol. The van der Waals surface area contributed by atoms with Crippen molar-refractivity contribution in [1.82, 2.24) is 4.90 Å². The Morgan fingerprint density at radius 2 is 1.78 bits per heavy atom. The number of fused-ring (bicyclic) bond motifs is 1. The summed E-state index contributed by atoms with van der Waals surface area (Å²) in [6, 6.07) is 12.5. The highest BCUT2D eigenvalue weighted by atomic mass is 35.5. The van der Waals surface area contributed by atoms with Gasteiger partial charge < -0.3 is 29.3 Å². The molecular formula is C36H44ClN3O6. The molecular weight excluding hydrogens is 606 g/mol. The van der Waals surface area contributed by atoms with Gasteiger partial charge in [-0.1, -0.05) is 56.2 Å². The second kappa shape index (κ2) is 14.0. The third kappa shape index (κ3) is 5.63. The van der Waals surface area contributed by atoms with Gasteiger partial charge in [-0.3, -0.25) is 14.4 Å². The standard InChI is InChI=1S/C36H44ClN3O6/c1-6-20-38(24-14-16-25(17-15-24)45-9-4)33(42)30-29-18-19-36(46-29)31(30)34(43)40(28(22-41)23(5)8-3)32(36)35(44)39(21-7-2)27-13-11-10-12-26(27)37/h6-7,10-17,23,28-32,41H,1-2,8-9,18-22H2,3-5H3/t23-,28-,29-,30+,31-,32?,36?/m0/s1. The van der Waals surface area contributed by atoms with Crippen LogP contribution in [0.15, 0.2) is 73.8 Å². The molecule has 7 atom stereocenters. The number of aliphatic hydroxyl groups excluding tert-OH is 1. The van der Waals surface area contributed by atoms with Crippen LogP contribution in [0, 0.1) is 17.8 Å². The Balaban J connectivity index is 1.60. The lowest BCUT2D eigenvalue weighted by atomic mass is 9.70. The zero-order valence-corrected chi connectivity index (χ0v) is 27.6. The summed E-state index contributed by atoms with van der Waals surface area (Å²) in [6.45, 7) is 14.1. The number of hydrogen-bond donors (Lipinski definition) is 1. The smallest absolute Gasteiger partial charge is 0.253 e. The Morgan fingerprint density at radius 3 is 2.39 bits per heavy atom. The lowest BCUT2D eigenvalue weighted by Crippen LogP contribution is -2.60. The molecule has 5 rings (SSSR count). The molecule has 0 saturated carbocycles. The van der Waals surface area contributed by atoms with E-state index in [1.54, 1.807) is 53.5 Å². The van der Waals surface area contributed by atoms with E-state index >= 15 is 0 Å². The summed E-state index contributed by atoms with van der Waals surface area (Å²) in [4.78, 5) is 48.8. The molecule has 3 fully saturated rings. The van der Waals surface area contributed by atoms with Crippen LogP contribution in [-0.2, 0) is 19.1 Å². The maximum Gasteiger partial charge on any atom is 0.253 e. The highest BCUT2D eigenvalue weighted by Gasteiger charge is 2.75. The van der Waals surface area contributed by atoms with E-state index in [2.05, 4.69) is 13.2 Å². The van der Waals surface area contributed by atoms with Crippen molar-refractivity contribution in [2.45, 2.75) is 63.8 Å². The summed E-state index contributed by atoms with van der Waals surface area (Å²) in [5, 5.41) is 11.1. The minimum atomic E-state index is -1.25. The Morgan fingerprint density at radius 1 is 1.11 bits per heavy atom. The minimum Gasteiger partial charge on any atom is -0.494 e. The molecule has 3 amide bonds. The van der Waals surface area contributed by atoms with Crippen molar-refractivity contribution in [2.24, 2.45) is 17.8 Å². The number of anilines is 2. The Bertz CT molecular complexity index is 1470. The largest absolute Gasteiger partial charge is 0.494 e. The quantitative estimate of drug-likeness (QED) is 0.281. The first kappa shape index (κ1) is 33.7. The first-order valence-electron chi connectivity index (χ1n) is 16.1. The van der Waals surface area contributed by atoms with Gasteiger partial charge in [-0.15, -0.1) is 13.2 Å². The molecule has 2 bridgehead atoms. The monoisotopic (exact) mass is 649 g/mol. The van der Waals surface area contributed by atoms with Gasteiger partial charge in [-0.05, 0) is 62.1 Å². The number of nitrogens with zero attached hydrogens (tertiary/aromatic N) is 3. The lowest BCUT2D eigenvalue weighted by molar-refractivity contribution is -0.145. The number of likely N-dealkylation sites (tertiary alicyclic amines) is 1. The first-order chi connectivity index (χ1) is 22.2. The molecule has 3 aliphatic rings. The van der Waals surface area contributed by atoms with Crippen LogP contribution in [0.3, 0.4) is 0 Å². The molecule has 0 aromatic heterocycles. The molecule has 1 N–H and O–H groups in total. The number of halogens is 1. The van der Waals surface area contributed by atoms with Crippen LogP contribution in [0.2, 0.25) is 5.02 Å². The van der Waals surface area contributed by atoms with E-state index in [0.717, 1.165) is 0 Å². The summed E-state index contributed by atoms with van der Waals surface area (Å²) >= 11 is 6.59. The summed E-state index contributed by atoms with van der Waals surface area (Å²) in [5.74, 6) is -2.16. The Kier molecular flexibility index (Phi) is 10.2. The number of amides is 3. The summed E-state index contributed by atoms with van der Waals surface area (Å²) in [7, 11) is 0. The van der Waals surface area contributed by atoms with Crippen LogP contribution in [0.1, 0.15) is 40.0 Å².